The van der Waals surface area contributed by atoms with Gasteiger partial charge in [-0.2, -0.15) is 0 Å². The highest BCUT2D eigenvalue weighted by molar-refractivity contribution is 6.15. The third-order valence-corrected chi connectivity index (χ3v) is 7.68. The van der Waals surface area contributed by atoms with Gasteiger partial charge in [-0.15, -0.1) is 0 Å². The predicted molar refractivity (Wildman–Crippen MR) is 126 cm³/mol. The number of amides is 3. The molecule has 2 fully saturated rings. The Labute approximate surface area is 202 Å². The summed E-state index contributed by atoms with van der Waals surface area (Å²) in [7, 11) is 1.56. The number of nitrogens with one attached hydrogen (secondary N) is 2. The maximum atomic E-state index is 13.8. The molecule has 182 valence electrons. The van der Waals surface area contributed by atoms with Crippen LogP contribution in [-0.4, -0.2) is 46.8 Å². The molecule has 0 radical (unpaired) electrons. The monoisotopic (exact) mass is 477 g/mol. The quantitative estimate of drug-likeness (QED) is 0.544. The van der Waals surface area contributed by atoms with Gasteiger partial charge in [-0.1, -0.05) is 24.3 Å². The number of carboxylic acid groups (broad SMARTS) is 1. The molecule has 4 atom stereocenters. The van der Waals surface area contributed by atoms with Crippen molar-refractivity contribution in [3.05, 3.63) is 58.7 Å². The van der Waals surface area contributed by atoms with Gasteiger partial charge < -0.3 is 15.2 Å². The number of ether oxygens (including phenoxy) is 1. The van der Waals surface area contributed by atoms with Gasteiger partial charge in [0.25, 0.3) is 0 Å². The van der Waals surface area contributed by atoms with Crippen LogP contribution >= 0.6 is 0 Å². The molecule has 0 saturated carbocycles. The van der Waals surface area contributed by atoms with Crippen LogP contribution in [0.1, 0.15) is 35.1 Å². The standard InChI is InChI=1S/C26H27N3O6/c1-13-4-9-17-22(14(13)2)27-25(34)26(17)21-20(18(28-26)10-11-19(30)31)23(32)29(24(21)33)12-15-5-7-16(35-3)8-6-15/h4-9,18,20-21,28H,10-12H2,1-3H3,(H,27,34)(H,30,31)/t18-,20+,21+,26-/m0/s1. The zero-order valence-electron chi connectivity index (χ0n) is 19.8. The summed E-state index contributed by atoms with van der Waals surface area (Å²) >= 11 is 0. The Morgan fingerprint density at radius 3 is 2.46 bits per heavy atom. The first kappa shape index (κ1) is 23.0. The van der Waals surface area contributed by atoms with E-state index in [9.17, 15) is 24.3 Å². The Bertz CT molecular complexity index is 1260. The molecule has 2 saturated heterocycles. The number of fused-ring (bicyclic) bond motifs is 4. The lowest BCUT2D eigenvalue weighted by molar-refractivity contribution is -0.144. The van der Waals surface area contributed by atoms with Gasteiger partial charge in [0.1, 0.15) is 11.3 Å². The first-order valence-corrected chi connectivity index (χ1v) is 11.6. The molecule has 5 rings (SSSR count). The largest absolute Gasteiger partial charge is 0.497 e. The number of aliphatic carboxylic acids is 1. The highest BCUT2D eigenvalue weighted by atomic mass is 16.5. The summed E-state index contributed by atoms with van der Waals surface area (Å²) in [5, 5.41) is 15.5. The summed E-state index contributed by atoms with van der Waals surface area (Å²) < 4.78 is 5.18. The lowest BCUT2D eigenvalue weighted by atomic mass is 9.76. The van der Waals surface area contributed by atoms with E-state index in [1.807, 2.05) is 26.0 Å². The van der Waals surface area contributed by atoms with Crippen molar-refractivity contribution >= 4 is 29.4 Å². The molecular weight excluding hydrogens is 450 g/mol. The molecule has 9 heteroatoms. The molecule has 2 aromatic carbocycles. The van der Waals surface area contributed by atoms with E-state index in [4.69, 9.17) is 4.74 Å². The number of carbonyl (C=O) groups excluding carboxylic acids is 3. The minimum atomic E-state index is -1.43. The minimum absolute atomic E-state index is 0.0673. The second-order valence-corrected chi connectivity index (χ2v) is 9.49. The zero-order valence-corrected chi connectivity index (χ0v) is 19.8. The van der Waals surface area contributed by atoms with E-state index in [1.54, 1.807) is 31.4 Å². The number of imide groups is 1. The van der Waals surface area contributed by atoms with Crippen LogP contribution in [0.5, 0.6) is 5.75 Å². The molecular formula is C26H27N3O6. The van der Waals surface area contributed by atoms with Crippen molar-refractivity contribution < 1.29 is 29.0 Å². The number of aryl methyl sites for hydroxylation is 1. The van der Waals surface area contributed by atoms with Crippen LogP contribution in [0, 0.1) is 25.7 Å². The summed E-state index contributed by atoms with van der Waals surface area (Å²) in [5.41, 5.74) is 2.49. The number of benzene rings is 2. The van der Waals surface area contributed by atoms with Gasteiger partial charge in [-0.3, -0.25) is 29.4 Å². The second kappa shape index (κ2) is 8.20. The smallest absolute Gasteiger partial charge is 0.303 e. The second-order valence-electron chi connectivity index (χ2n) is 9.49. The molecule has 0 aromatic heterocycles. The van der Waals surface area contributed by atoms with Crippen LogP contribution in [0.15, 0.2) is 36.4 Å². The molecule has 2 aromatic rings. The van der Waals surface area contributed by atoms with Crippen LogP contribution in [0.2, 0.25) is 0 Å². The highest BCUT2D eigenvalue weighted by Crippen LogP contribution is 2.54. The Hall–Kier alpha value is -3.72. The SMILES string of the molecule is COc1ccc(CN2C(=O)[C@@H]3[C@H](CCC(=O)O)N[C@]4(C(=O)Nc5c4ccc(C)c5C)[C@H]3C2=O)cc1. The predicted octanol–water partition coefficient (Wildman–Crippen LogP) is 2.10. The third kappa shape index (κ3) is 3.33. The number of carboxylic acids is 1. The van der Waals surface area contributed by atoms with Gasteiger partial charge in [0.2, 0.25) is 17.7 Å². The first-order chi connectivity index (χ1) is 16.7. The van der Waals surface area contributed by atoms with Crippen LogP contribution in [0.3, 0.4) is 0 Å². The van der Waals surface area contributed by atoms with Crippen molar-refractivity contribution in [2.24, 2.45) is 11.8 Å². The molecule has 35 heavy (non-hydrogen) atoms. The maximum absolute atomic E-state index is 13.8. The van der Waals surface area contributed by atoms with Crippen LogP contribution in [0.4, 0.5) is 5.69 Å². The Kier molecular flexibility index (Phi) is 5.40. The van der Waals surface area contributed by atoms with E-state index in [-0.39, 0.29) is 31.2 Å². The summed E-state index contributed by atoms with van der Waals surface area (Å²) in [6.45, 7) is 3.91. The van der Waals surface area contributed by atoms with Crippen molar-refractivity contribution in [1.82, 2.24) is 10.2 Å². The van der Waals surface area contributed by atoms with E-state index in [1.165, 1.54) is 4.90 Å². The Morgan fingerprint density at radius 2 is 1.80 bits per heavy atom. The molecule has 3 heterocycles. The van der Waals surface area contributed by atoms with Crippen LogP contribution in [-0.2, 0) is 31.3 Å². The number of hydrogen-bond donors (Lipinski definition) is 3. The fourth-order valence-corrected chi connectivity index (χ4v) is 5.78. The summed E-state index contributed by atoms with van der Waals surface area (Å²) in [6, 6.07) is 10.2. The average Bonchev–Trinajstić information content (AvgIpc) is 3.41. The van der Waals surface area contributed by atoms with Gasteiger partial charge in [0, 0.05) is 23.7 Å². The summed E-state index contributed by atoms with van der Waals surface area (Å²) in [5.74, 6) is -3.34. The van der Waals surface area contributed by atoms with Gasteiger partial charge in [-0.05, 0) is 49.1 Å². The lowest BCUT2D eigenvalue weighted by Crippen LogP contribution is -2.53. The van der Waals surface area contributed by atoms with E-state index in [0.29, 0.717) is 17.0 Å². The van der Waals surface area contributed by atoms with Gasteiger partial charge in [-0.25, -0.2) is 0 Å². The Balaban J connectivity index is 1.57. The van der Waals surface area contributed by atoms with Crippen molar-refractivity contribution in [3.8, 4) is 5.75 Å². The van der Waals surface area contributed by atoms with Gasteiger partial charge >= 0.3 is 5.97 Å². The van der Waals surface area contributed by atoms with Crippen LogP contribution in [0.25, 0.3) is 0 Å². The first-order valence-electron chi connectivity index (χ1n) is 11.6. The third-order valence-electron chi connectivity index (χ3n) is 7.68. The molecule has 3 amide bonds. The van der Waals surface area contributed by atoms with Crippen LogP contribution < -0.4 is 15.4 Å². The Morgan fingerprint density at radius 1 is 1.09 bits per heavy atom. The molecule has 9 nitrogen and oxygen atoms in total. The van der Waals surface area contributed by atoms with Crippen molar-refractivity contribution in [3.63, 3.8) is 0 Å². The fraction of sp³-hybridized carbons (Fsp3) is 0.385. The van der Waals surface area contributed by atoms with E-state index < -0.39 is 35.3 Å². The number of likely N-dealkylation sites (tertiary alicyclic amines) is 1. The molecule has 0 bridgehead atoms. The summed E-state index contributed by atoms with van der Waals surface area (Å²) in [6.07, 6.45) is -0.0561. The molecule has 3 N–H and O–H groups in total. The lowest BCUT2D eigenvalue weighted by Gasteiger charge is -2.29. The van der Waals surface area contributed by atoms with E-state index in [0.717, 1.165) is 16.7 Å². The fourth-order valence-electron chi connectivity index (χ4n) is 5.78. The van der Waals surface area contributed by atoms with E-state index in [2.05, 4.69) is 10.6 Å². The van der Waals surface area contributed by atoms with Gasteiger partial charge in [0.15, 0.2) is 0 Å². The molecule has 0 unspecified atom stereocenters. The number of hydrogen-bond acceptors (Lipinski definition) is 6. The molecule has 1 spiro atoms. The van der Waals surface area contributed by atoms with Gasteiger partial charge in [0.05, 0.1) is 25.5 Å². The molecule has 3 aliphatic heterocycles. The van der Waals surface area contributed by atoms with E-state index >= 15 is 0 Å². The number of anilines is 1. The minimum Gasteiger partial charge on any atom is -0.497 e. The number of methoxy groups -OCH3 is 1. The van der Waals surface area contributed by atoms with Crippen molar-refractivity contribution in [2.75, 3.05) is 12.4 Å². The number of rotatable bonds is 6. The number of nitrogens with zero attached hydrogens (tertiary/aromatic N) is 1. The normalized spacial score (nSPS) is 26.8. The summed E-state index contributed by atoms with van der Waals surface area (Å²) in [4.78, 5) is 53.5. The topological polar surface area (TPSA) is 125 Å². The highest BCUT2D eigenvalue weighted by Gasteiger charge is 2.70. The molecule has 3 aliphatic rings. The zero-order chi connectivity index (χ0) is 25.1. The molecule has 0 aliphatic carbocycles. The van der Waals surface area contributed by atoms with Crippen molar-refractivity contribution in [1.29, 1.82) is 0 Å². The maximum Gasteiger partial charge on any atom is 0.303 e. The average molecular weight is 478 g/mol. The number of carbonyl (C=O) groups is 4. The van der Waals surface area contributed by atoms with Crippen molar-refractivity contribution in [2.45, 2.75) is 44.8 Å².